The number of benzene rings is 2. The normalized spacial score (nSPS) is 16.4. The minimum atomic E-state index is -0.0984. The van der Waals surface area contributed by atoms with Crippen molar-refractivity contribution in [2.24, 2.45) is 4.99 Å². The summed E-state index contributed by atoms with van der Waals surface area (Å²) < 4.78 is 16.1. The first kappa shape index (κ1) is 22.1. The minimum absolute atomic E-state index is 0.0984. The number of carbonyl (C=O) groups is 1. The number of nitrogens with zero attached hydrogens (tertiary/aromatic N) is 2. The van der Waals surface area contributed by atoms with Gasteiger partial charge in [-0.05, 0) is 73.6 Å². The van der Waals surface area contributed by atoms with Crippen LogP contribution in [0.25, 0.3) is 6.08 Å². The topological polar surface area (TPSA) is 60.4 Å². The fourth-order valence-corrected chi connectivity index (χ4v) is 4.23. The molecule has 1 aliphatic rings. The molecule has 3 rings (SSSR count). The number of thioether (sulfide) groups is 1. The van der Waals surface area contributed by atoms with Crippen LogP contribution >= 0.6 is 23.4 Å². The molecule has 0 aliphatic carbocycles. The van der Waals surface area contributed by atoms with E-state index < -0.39 is 0 Å². The minimum Gasteiger partial charge on any atom is -0.497 e. The van der Waals surface area contributed by atoms with Crippen molar-refractivity contribution in [1.82, 2.24) is 4.90 Å². The lowest BCUT2D eigenvalue weighted by molar-refractivity contribution is -0.122. The van der Waals surface area contributed by atoms with Gasteiger partial charge < -0.3 is 14.2 Å². The number of likely N-dealkylation sites (N-methyl/N-ethyl adjacent to an activating group) is 1. The number of rotatable bonds is 7. The quantitative estimate of drug-likeness (QED) is 0.534. The maximum atomic E-state index is 12.9. The zero-order valence-corrected chi connectivity index (χ0v) is 18.8. The van der Waals surface area contributed by atoms with Gasteiger partial charge in [-0.2, -0.15) is 0 Å². The number of carbonyl (C=O) groups excluding carboxylic acids is 1. The number of amides is 1. The number of hydrogen-bond donors (Lipinski definition) is 0. The Morgan fingerprint density at radius 3 is 2.47 bits per heavy atom. The monoisotopic (exact) mass is 446 g/mol. The largest absolute Gasteiger partial charge is 0.497 e. The Bertz CT molecular complexity index is 989. The van der Waals surface area contributed by atoms with Crippen molar-refractivity contribution < 1.29 is 19.0 Å². The molecular formula is C22H23ClN2O4S. The van der Waals surface area contributed by atoms with E-state index in [1.807, 2.05) is 38.1 Å². The van der Waals surface area contributed by atoms with E-state index in [0.717, 1.165) is 17.0 Å². The van der Waals surface area contributed by atoms with Crippen molar-refractivity contribution in [2.45, 2.75) is 13.8 Å². The van der Waals surface area contributed by atoms with Crippen LogP contribution in [0.15, 0.2) is 46.3 Å². The van der Waals surface area contributed by atoms with E-state index >= 15 is 0 Å². The summed E-state index contributed by atoms with van der Waals surface area (Å²) in [6.45, 7) is 4.79. The number of aliphatic imine (C=N–C) groups is 1. The summed E-state index contributed by atoms with van der Waals surface area (Å²) in [5.74, 6) is 1.67. The van der Waals surface area contributed by atoms with Crippen LogP contribution in [0.1, 0.15) is 19.4 Å². The molecular weight excluding hydrogens is 424 g/mol. The van der Waals surface area contributed by atoms with Crippen molar-refractivity contribution in [3.63, 3.8) is 0 Å². The highest BCUT2D eigenvalue weighted by molar-refractivity contribution is 8.18. The van der Waals surface area contributed by atoms with Crippen LogP contribution in [0.2, 0.25) is 5.02 Å². The van der Waals surface area contributed by atoms with Gasteiger partial charge in [0.1, 0.15) is 5.75 Å². The highest BCUT2D eigenvalue weighted by Gasteiger charge is 2.32. The highest BCUT2D eigenvalue weighted by atomic mass is 35.5. The van der Waals surface area contributed by atoms with Gasteiger partial charge in [0.05, 0.1) is 36.4 Å². The number of ether oxygens (including phenoxy) is 3. The van der Waals surface area contributed by atoms with Crippen LogP contribution in [0, 0.1) is 0 Å². The molecule has 0 atom stereocenters. The van der Waals surface area contributed by atoms with E-state index in [2.05, 4.69) is 4.99 Å². The highest BCUT2D eigenvalue weighted by Crippen LogP contribution is 2.39. The van der Waals surface area contributed by atoms with Crippen LogP contribution in [0.3, 0.4) is 0 Å². The first-order chi connectivity index (χ1) is 14.5. The molecule has 2 aromatic carbocycles. The number of halogens is 1. The second kappa shape index (κ2) is 9.91. The van der Waals surface area contributed by atoms with Crippen molar-refractivity contribution in [3.8, 4) is 17.2 Å². The number of hydrogen-bond acceptors (Lipinski definition) is 6. The predicted molar refractivity (Wildman–Crippen MR) is 122 cm³/mol. The third kappa shape index (κ3) is 4.74. The van der Waals surface area contributed by atoms with Gasteiger partial charge in [0, 0.05) is 6.54 Å². The molecule has 1 heterocycles. The molecule has 0 aromatic heterocycles. The number of amidine groups is 1. The van der Waals surface area contributed by atoms with Crippen LogP contribution in [0.5, 0.6) is 17.2 Å². The molecule has 0 N–H and O–H groups in total. The second-order valence-electron chi connectivity index (χ2n) is 6.22. The van der Waals surface area contributed by atoms with Gasteiger partial charge in [-0.25, -0.2) is 4.99 Å². The lowest BCUT2D eigenvalue weighted by Gasteiger charge is -2.12. The summed E-state index contributed by atoms with van der Waals surface area (Å²) in [4.78, 5) is 19.7. The van der Waals surface area contributed by atoms with Crippen LogP contribution in [0.4, 0.5) is 5.69 Å². The molecule has 8 heteroatoms. The SMILES string of the molecule is CCOc1c(Cl)cc(/C=C2/SC(=Nc3ccc(OC)cc3)N(CC)C2=O)cc1OC. The molecule has 1 aliphatic heterocycles. The molecule has 2 aromatic rings. The smallest absolute Gasteiger partial charge is 0.266 e. The van der Waals surface area contributed by atoms with Gasteiger partial charge in [-0.1, -0.05) is 11.6 Å². The molecule has 6 nitrogen and oxygen atoms in total. The van der Waals surface area contributed by atoms with Gasteiger partial charge in [0.2, 0.25) is 0 Å². The average Bonchev–Trinajstić information content (AvgIpc) is 3.04. The van der Waals surface area contributed by atoms with Gasteiger partial charge >= 0.3 is 0 Å². The first-order valence-electron chi connectivity index (χ1n) is 9.45. The van der Waals surface area contributed by atoms with Crippen molar-refractivity contribution in [3.05, 3.63) is 51.9 Å². The average molecular weight is 447 g/mol. The Kier molecular flexibility index (Phi) is 7.29. The molecule has 158 valence electrons. The number of methoxy groups -OCH3 is 2. The van der Waals surface area contributed by atoms with E-state index in [1.54, 1.807) is 37.3 Å². The molecule has 30 heavy (non-hydrogen) atoms. The predicted octanol–water partition coefficient (Wildman–Crippen LogP) is 5.38. The van der Waals surface area contributed by atoms with Crippen molar-refractivity contribution >= 4 is 46.2 Å². The fraction of sp³-hybridized carbons (Fsp3) is 0.273. The van der Waals surface area contributed by atoms with Crippen molar-refractivity contribution in [1.29, 1.82) is 0 Å². The van der Waals surface area contributed by atoms with Crippen LogP contribution < -0.4 is 14.2 Å². The molecule has 0 spiro atoms. The van der Waals surface area contributed by atoms with Gasteiger partial charge in [-0.3, -0.25) is 9.69 Å². The summed E-state index contributed by atoms with van der Waals surface area (Å²) in [5, 5.41) is 1.06. The lowest BCUT2D eigenvalue weighted by Crippen LogP contribution is -2.28. The zero-order chi connectivity index (χ0) is 21.7. The van der Waals surface area contributed by atoms with Gasteiger partial charge in [0.15, 0.2) is 16.7 Å². The third-order valence-corrected chi connectivity index (χ3v) is 5.63. The zero-order valence-electron chi connectivity index (χ0n) is 17.3. The van der Waals surface area contributed by atoms with E-state index in [1.165, 1.54) is 11.8 Å². The maximum Gasteiger partial charge on any atom is 0.266 e. The van der Waals surface area contributed by atoms with Gasteiger partial charge in [-0.15, -0.1) is 0 Å². The Morgan fingerprint density at radius 1 is 1.13 bits per heavy atom. The summed E-state index contributed by atoms with van der Waals surface area (Å²) in [6, 6.07) is 10.9. The second-order valence-corrected chi connectivity index (χ2v) is 7.64. The van der Waals surface area contributed by atoms with Crippen LogP contribution in [-0.2, 0) is 4.79 Å². The summed E-state index contributed by atoms with van der Waals surface area (Å²) in [6.07, 6.45) is 1.79. The summed E-state index contributed by atoms with van der Waals surface area (Å²) in [5.41, 5.74) is 1.49. The summed E-state index contributed by atoms with van der Waals surface area (Å²) >= 11 is 7.69. The first-order valence-corrected chi connectivity index (χ1v) is 10.6. The van der Waals surface area contributed by atoms with E-state index in [-0.39, 0.29) is 5.91 Å². The van der Waals surface area contributed by atoms with E-state index in [9.17, 15) is 4.79 Å². The van der Waals surface area contributed by atoms with Gasteiger partial charge in [0.25, 0.3) is 5.91 Å². The molecule has 0 radical (unpaired) electrons. The molecule has 1 fully saturated rings. The molecule has 1 saturated heterocycles. The Balaban J connectivity index is 1.93. The maximum absolute atomic E-state index is 12.9. The van der Waals surface area contributed by atoms with Crippen LogP contribution in [-0.4, -0.2) is 43.3 Å². The Hall–Kier alpha value is -2.64. The molecule has 1 amide bonds. The molecule has 0 unspecified atom stereocenters. The molecule has 0 saturated carbocycles. The van der Waals surface area contributed by atoms with E-state index in [0.29, 0.717) is 39.7 Å². The third-order valence-electron chi connectivity index (χ3n) is 4.34. The fourth-order valence-electron chi connectivity index (χ4n) is 2.90. The summed E-state index contributed by atoms with van der Waals surface area (Å²) in [7, 11) is 3.17. The Labute approximate surface area is 185 Å². The molecule has 0 bridgehead atoms. The standard InChI is InChI=1S/C22H23ClN2O4S/c1-5-25-21(26)19(30-22(25)24-15-7-9-16(27-3)10-8-15)13-14-11-17(23)20(29-6-2)18(12-14)28-4/h7-13H,5-6H2,1-4H3/b19-13+,24-22?. The lowest BCUT2D eigenvalue weighted by atomic mass is 10.1. The van der Waals surface area contributed by atoms with Crippen molar-refractivity contribution in [2.75, 3.05) is 27.4 Å². The Morgan fingerprint density at radius 2 is 1.87 bits per heavy atom. The van der Waals surface area contributed by atoms with E-state index in [4.69, 9.17) is 25.8 Å².